The molecule has 12 nitrogen and oxygen atoms in total. The summed E-state index contributed by atoms with van der Waals surface area (Å²) in [5.41, 5.74) is 1.08. The summed E-state index contributed by atoms with van der Waals surface area (Å²) in [7, 11) is -4.80. The van der Waals surface area contributed by atoms with Crippen molar-refractivity contribution in [2.24, 2.45) is 0 Å². The number of hydroxylamine groups is 1. The fourth-order valence-corrected chi connectivity index (χ4v) is 3.62. The van der Waals surface area contributed by atoms with Crippen LogP contribution in [0.3, 0.4) is 0 Å². The number of carbonyl (C=O) groups excluding carboxylic acids is 2. The summed E-state index contributed by atoms with van der Waals surface area (Å²) < 4.78 is 38.9. The van der Waals surface area contributed by atoms with E-state index in [0.717, 1.165) is 12.8 Å². The molecule has 158 valence electrons. The molecule has 0 bridgehead atoms. The third-order valence-electron chi connectivity index (χ3n) is 3.55. The quantitative estimate of drug-likeness (QED) is 0.458. The lowest BCUT2D eigenvalue weighted by atomic mass is 10.0. The van der Waals surface area contributed by atoms with Crippen LogP contribution in [0, 0.1) is 0 Å². The fourth-order valence-electron chi connectivity index (χ4n) is 2.51. The van der Waals surface area contributed by atoms with E-state index in [1.807, 2.05) is 0 Å². The van der Waals surface area contributed by atoms with Crippen LogP contribution in [0.4, 0.5) is 9.59 Å². The van der Waals surface area contributed by atoms with Crippen LogP contribution in [0.5, 0.6) is 0 Å². The minimum atomic E-state index is -4.80. The van der Waals surface area contributed by atoms with Crippen LogP contribution in [0.15, 0.2) is 0 Å². The molecule has 28 heavy (non-hydrogen) atoms. The topological polar surface area (TPSA) is 160 Å². The largest absolute Gasteiger partial charge is 0.444 e. The van der Waals surface area contributed by atoms with Crippen molar-refractivity contribution in [2.75, 3.05) is 6.54 Å². The summed E-state index contributed by atoms with van der Waals surface area (Å²) in [5.74, 6) is 0. The number of piperidine rings is 1. The molecule has 1 atom stereocenters. The third kappa shape index (κ3) is 7.18. The summed E-state index contributed by atoms with van der Waals surface area (Å²) in [4.78, 5) is 25.3. The van der Waals surface area contributed by atoms with Gasteiger partial charge in [-0.3, -0.25) is 4.55 Å². The van der Waals surface area contributed by atoms with Gasteiger partial charge in [0.1, 0.15) is 15.6 Å². The molecule has 3 N–H and O–H groups in total. The van der Waals surface area contributed by atoms with Crippen LogP contribution in [0.1, 0.15) is 56.1 Å². The van der Waals surface area contributed by atoms with Gasteiger partial charge in [-0.25, -0.2) is 9.59 Å². The van der Waals surface area contributed by atoms with Gasteiger partial charge >= 0.3 is 22.5 Å². The molecule has 0 radical (unpaired) electrons. The molecular formula is C14H23N5O7S2. The van der Waals surface area contributed by atoms with Crippen LogP contribution < -0.4 is 10.8 Å². The Kier molecular flexibility index (Phi) is 7.14. The molecule has 1 aliphatic heterocycles. The second-order valence-corrected chi connectivity index (χ2v) is 9.13. The van der Waals surface area contributed by atoms with Crippen LogP contribution in [0.25, 0.3) is 0 Å². The van der Waals surface area contributed by atoms with Crippen LogP contribution in [0.2, 0.25) is 0 Å². The van der Waals surface area contributed by atoms with Gasteiger partial charge in [0.15, 0.2) is 0 Å². The Hall–Kier alpha value is -2.03. The molecule has 14 heteroatoms. The number of amides is 3. The first-order valence-corrected chi connectivity index (χ1v) is 10.6. The van der Waals surface area contributed by atoms with E-state index in [1.165, 1.54) is 16.2 Å². The molecule has 0 unspecified atom stereocenters. The number of nitrogens with one attached hydrogen (secondary N) is 2. The van der Waals surface area contributed by atoms with E-state index in [9.17, 15) is 18.0 Å². The molecular weight excluding hydrogens is 414 g/mol. The zero-order chi connectivity index (χ0) is 20.9. The van der Waals surface area contributed by atoms with Crippen molar-refractivity contribution in [2.45, 2.75) is 58.2 Å². The second-order valence-electron chi connectivity index (χ2n) is 7.01. The zero-order valence-electron chi connectivity index (χ0n) is 15.7. The van der Waals surface area contributed by atoms with Crippen molar-refractivity contribution in [1.82, 2.24) is 25.9 Å². The highest BCUT2D eigenvalue weighted by molar-refractivity contribution is 7.80. The molecule has 0 aliphatic carbocycles. The van der Waals surface area contributed by atoms with Crippen molar-refractivity contribution in [3.05, 3.63) is 10.0 Å². The van der Waals surface area contributed by atoms with E-state index in [0.29, 0.717) is 23.0 Å². The highest BCUT2D eigenvalue weighted by Gasteiger charge is 2.31. The van der Waals surface area contributed by atoms with E-state index < -0.39 is 34.2 Å². The number of aromatic nitrogens is 2. The summed E-state index contributed by atoms with van der Waals surface area (Å²) in [6.45, 7) is 5.74. The van der Waals surface area contributed by atoms with Gasteiger partial charge in [0, 0.05) is 6.54 Å². The average Bonchev–Trinajstić information content (AvgIpc) is 3.04. The van der Waals surface area contributed by atoms with Gasteiger partial charge in [0.05, 0.1) is 12.6 Å². The summed E-state index contributed by atoms with van der Waals surface area (Å²) >= 11 is 1.22. The maximum atomic E-state index is 12.2. The van der Waals surface area contributed by atoms with E-state index in [2.05, 4.69) is 19.8 Å². The predicted molar refractivity (Wildman–Crippen MR) is 97.4 cm³/mol. The lowest BCUT2D eigenvalue weighted by Crippen LogP contribution is -2.45. The molecule has 1 aliphatic rings. The third-order valence-corrected chi connectivity index (χ3v) is 4.87. The number of carbonyl (C=O) groups is 2. The highest BCUT2D eigenvalue weighted by Crippen LogP contribution is 2.32. The molecule has 2 rings (SSSR count). The molecule has 1 aromatic rings. The van der Waals surface area contributed by atoms with Gasteiger partial charge in [0.25, 0.3) is 0 Å². The molecule has 1 aromatic heterocycles. The Morgan fingerprint density at radius 2 is 2.04 bits per heavy atom. The van der Waals surface area contributed by atoms with E-state index in [-0.39, 0.29) is 6.54 Å². The second kappa shape index (κ2) is 8.98. The monoisotopic (exact) mass is 437 g/mol. The minimum absolute atomic E-state index is 0.122. The van der Waals surface area contributed by atoms with Crippen molar-refractivity contribution in [1.29, 1.82) is 0 Å². The number of ether oxygens (including phenoxy) is 1. The number of nitrogens with zero attached hydrogens (tertiary/aromatic N) is 3. The van der Waals surface area contributed by atoms with Gasteiger partial charge in [-0.15, -0.1) is 14.5 Å². The number of rotatable bonds is 5. The Balaban J connectivity index is 1.98. The molecule has 0 spiro atoms. The Labute approximate surface area is 166 Å². The summed E-state index contributed by atoms with van der Waals surface area (Å²) in [5, 5.41) is 11.7. The lowest BCUT2D eigenvalue weighted by molar-refractivity contribution is 0.0523. The lowest BCUT2D eigenvalue weighted by Gasteiger charge is -2.33. The van der Waals surface area contributed by atoms with Crippen molar-refractivity contribution in [3.63, 3.8) is 0 Å². The van der Waals surface area contributed by atoms with E-state index in [4.69, 9.17) is 9.29 Å². The van der Waals surface area contributed by atoms with Crippen molar-refractivity contribution >= 4 is 33.9 Å². The van der Waals surface area contributed by atoms with Gasteiger partial charge in [0.2, 0.25) is 0 Å². The maximum absolute atomic E-state index is 12.2. The molecule has 1 fully saturated rings. The van der Waals surface area contributed by atoms with Gasteiger partial charge < -0.3 is 15.0 Å². The molecule has 0 saturated carbocycles. The predicted octanol–water partition coefficient (Wildman–Crippen LogP) is 1.53. The first kappa shape index (κ1) is 22.3. The normalized spacial score (nSPS) is 17.9. The maximum Gasteiger partial charge on any atom is 0.418 e. The Morgan fingerprint density at radius 1 is 1.32 bits per heavy atom. The molecule has 3 amide bonds. The van der Waals surface area contributed by atoms with E-state index in [1.54, 1.807) is 26.3 Å². The number of urea groups is 1. The van der Waals surface area contributed by atoms with Crippen molar-refractivity contribution in [3.8, 4) is 0 Å². The van der Waals surface area contributed by atoms with Crippen molar-refractivity contribution < 1.29 is 31.6 Å². The van der Waals surface area contributed by atoms with Crippen LogP contribution in [-0.2, 0) is 26.0 Å². The number of hydrogen-bond donors (Lipinski definition) is 3. The zero-order valence-corrected chi connectivity index (χ0v) is 17.3. The summed E-state index contributed by atoms with van der Waals surface area (Å²) in [6, 6.07) is -1.24. The number of likely N-dealkylation sites (tertiary alicyclic amines) is 1. The number of hydrogen-bond acceptors (Lipinski definition) is 9. The van der Waals surface area contributed by atoms with Crippen LogP contribution in [-0.4, -0.2) is 52.3 Å². The molecule has 2 heterocycles. The van der Waals surface area contributed by atoms with E-state index >= 15 is 0 Å². The fraction of sp³-hybridized carbons (Fsp3) is 0.714. The number of alkyl carbamates (subject to hydrolysis) is 1. The first-order chi connectivity index (χ1) is 12.9. The molecule has 0 aromatic carbocycles. The van der Waals surface area contributed by atoms with Gasteiger partial charge in [-0.2, -0.15) is 13.9 Å². The summed E-state index contributed by atoms with van der Waals surface area (Å²) in [6.07, 6.45) is 1.60. The Bertz CT molecular complexity index is 805. The first-order valence-electron chi connectivity index (χ1n) is 8.46. The van der Waals surface area contributed by atoms with Gasteiger partial charge in [-0.1, -0.05) is 11.3 Å². The minimum Gasteiger partial charge on any atom is -0.444 e. The molecule has 1 saturated heterocycles. The smallest absolute Gasteiger partial charge is 0.418 e. The van der Waals surface area contributed by atoms with Crippen LogP contribution >= 0.6 is 11.3 Å². The standard InChI is InChI=1S/C14H23N5O7S2/c1-14(2,3)25-13(21)15-8-10-16-17-11(27-10)9-6-4-5-7-19(9)12(20)18-26-28(22,23)24/h9H,4-8H2,1-3H3,(H,15,21)(H,18,20)(H,22,23,24)/t9-/m0/s1. The average molecular weight is 438 g/mol. The van der Waals surface area contributed by atoms with Gasteiger partial charge in [-0.05, 0) is 40.0 Å². The highest BCUT2D eigenvalue weighted by atomic mass is 32.3. The Morgan fingerprint density at radius 3 is 2.68 bits per heavy atom. The SMILES string of the molecule is CC(C)(C)OC(=O)NCc1nnc([C@@H]2CCCCN2C(=O)NOS(=O)(=O)O)s1.